The normalized spacial score (nSPS) is 12.4. The van der Waals surface area contributed by atoms with Crippen molar-refractivity contribution in [3.8, 4) is 70.0 Å². The van der Waals surface area contributed by atoms with E-state index in [1.165, 1.54) is 180 Å². The fraction of sp³-hybridized carbons (Fsp3) is 0.625. The quantitative estimate of drug-likeness (QED) is 0.0302. The summed E-state index contributed by atoms with van der Waals surface area (Å²) in [6.07, 6.45) is 38.8. The van der Waals surface area contributed by atoms with Gasteiger partial charge in [-0.25, -0.2) is 8.78 Å². The van der Waals surface area contributed by atoms with Gasteiger partial charge in [-0.3, -0.25) is 0 Å². The van der Waals surface area contributed by atoms with Crippen LogP contribution in [0.3, 0.4) is 0 Å². The van der Waals surface area contributed by atoms with Crippen molar-refractivity contribution in [2.75, 3.05) is 13.3 Å². The molecule has 0 N–H and O–H groups in total. The molecule has 0 amide bonds. The number of hydrogen-bond donors (Lipinski definition) is 0. The summed E-state index contributed by atoms with van der Waals surface area (Å²) in [6, 6.07) is 0. The molecule has 0 fully saturated rings. The van der Waals surface area contributed by atoms with Crippen LogP contribution in [0, 0.1) is 97.7 Å². The summed E-state index contributed by atoms with van der Waals surface area (Å²) in [7, 11) is -3.16. The van der Waals surface area contributed by atoms with Gasteiger partial charge in [0.05, 0.1) is 8.04 Å². The Morgan fingerprint density at radius 2 is 0.681 bits per heavy atom. The highest BCUT2D eigenvalue weighted by molar-refractivity contribution is 7.49. The van der Waals surface area contributed by atoms with Crippen LogP contribution in [0.5, 0.6) is 0 Å². The molecule has 0 aromatic carbocycles. The molecule has 0 aliphatic rings. The van der Waals surface area contributed by atoms with Gasteiger partial charge in [0.1, 0.15) is 0 Å². The van der Waals surface area contributed by atoms with Crippen LogP contribution in [0.25, 0.3) is 18.8 Å². The van der Waals surface area contributed by atoms with Gasteiger partial charge < -0.3 is 0 Å². The average Bonchev–Trinajstić information content (AvgIpc) is 4.07. The van der Waals surface area contributed by atoms with Crippen LogP contribution in [0.1, 0.15) is 243 Å². The maximum atomic E-state index is 12.2. The molecule has 4 heterocycles. The zero-order valence-corrected chi connectivity index (χ0v) is 51.1. The molecule has 4 rings (SSSR count). The summed E-state index contributed by atoms with van der Waals surface area (Å²) in [5.41, 5.74) is 16.0. The van der Waals surface area contributed by atoms with Crippen LogP contribution in [-0.4, -0.2) is 15.8 Å². The van der Waals surface area contributed by atoms with E-state index in [1.54, 1.807) is 86.3 Å². The zero-order valence-electron chi connectivity index (χ0n) is 52.1. The minimum absolute atomic E-state index is 1.29. The summed E-state index contributed by atoms with van der Waals surface area (Å²) in [4.78, 5) is 6.34. The third-order valence-electron chi connectivity index (χ3n) is 12.3. The Morgan fingerprint density at radius 3 is 0.986 bits per heavy atom. The fourth-order valence-electron chi connectivity index (χ4n) is 8.35. The molecule has 0 saturated heterocycles. The Morgan fingerprint density at radius 1 is 0.389 bits per heavy atom. The van der Waals surface area contributed by atoms with Crippen LogP contribution in [0.15, 0.2) is 0 Å². The first-order valence-electron chi connectivity index (χ1n) is 30.0. The minimum Gasteiger partial charge on any atom is -0.237 e. The van der Waals surface area contributed by atoms with Crippen molar-refractivity contribution in [3.63, 3.8) is 0 Å². The SMILES string of the molecule is CCCCCCCCCCc1c(C)sc2c(CCCCCCCCCC)c(C)sc12.CCCCCCc1c(C)sc2c(CCCCCC)c(C)sc12.[2H]P(C#CC#CC)C#CC#CC([3H])([3H])F.[2H]P(C#CC)C#CC([3H])([3H])F. The molecule has 2 unspecified atom stereocenters. The lowest BCUT2D eigenvalue weighted by Gasteiger charge is -2.03. The summed E-state index contributed by atoms with van der Waals surface area (Å²) in [6.45, 7) is 15.7. The monoisotopic (exact) mass is 1100 g/mol. The second-order valence-electron chi connectivity index (χ2n) is 18.0. The molecule has 0 aliphatic heterocycles. The molecule has 0 bridgehead atoms. The maximum Gasteiger partial charge on any atom is 0.151 e. The lowest BCUT2D eigenvalue weighted by molar-refractivity contribution is 0.573. The zero-order chi connectivity index (χ0) is 58.2. The van der Waals surface area contributed by atoms with E-state index in [4.69, 9.17) is 8.04 Å². The van der Waals surface area contributed by atoms with Gasteiger partial charge in [-0.15, -0.1) is 51.3 Å². The van der Waals surface area contributed by atoms with Crippen LogP contribution >= 0.6 is 62.4 Å². The highest BCUT2D eigenvalue weighted by Crippen LogP contribution is 2.43. The van der Waals surface area contributed by atoms with E-state index in [9.17, 15) is 8.78 Å². The molecule has 8 heteroatoms. The number of rotatable bonds is 28. The summed E-state index contributed by atoms with van der Waals surface area (Å²) in [5.74, 6) is 17.3. The third-order valence-corrected chi connectivity index (χ3v) is 18.4. The van der Waals surface area contributed by atoms with Crippen LogP contribution in [0.2, 0.25) is 0 Å². The van der Waals surface area contributed by atoms with Crippen molar-refractivity contribution >= 4 is 81.2 Å². The van der Waals surface area contributed by atoms with Gasteiger partial charge in [0.2, 0.25) is 0 Å². The number of fused-ring (bicyclic) bond motifs is 2. The average molecular weight is 1100 g/mol. The standard InChI is InChI=1S/C28H48S2.C20H32S2.C10H6FP.C6H6FP/c1-5-7-9-11-13-15-17-19-21-25-23(3)29-28-26(24(4)30-27(25)28)22-20-18-16-14-12-10-8-6-2;1-5-7-9-11-13-17-15(3)21-20-18(14-12-10-8-6-2)16(4)22-19(17)20;1-2-3-6-9-12-10-7-4-5-8-11;1-2-5-8-6-3-4-7/h5-22H2,1-4H3;5-14H2,1-4H3;12H,8H2,1H3;8H,4H2,1H3/i;;8T2,12D;4T2,8D. The first-order chi connectivity index (χ1) is 37.3. The Labute approximate surface area is 469 Å². The van der Waals surface area contributed by atoms with Gasteiger partial charge in [-0.1, -0.05) is 197 Å². The van der Waals surface area contributed by atoms with Crippen LogP contribution in [0.4, 0.5) is 8.78 Å². The summed E-state index contributed by atoms with van der Waals surface area (Å²) < 4.78 is 70.6. The fourth-order valence-corrected chi connectivity index (χ4v) is 14.6. The summed E-state index contributed by atoms with van der Waals surface area (Å²) >= 11 is 8.31. The molecule has 0 radical (unpaired) electrons. The van der Waals surface area contributed by atoms with E-state index < -0.39 is 30.3 Å². The number of thiophene rings is 4. The Hall–Kier alpha value is -2.60. The predicted molar refractivity (Wildman–Crippen MR) is 333 cm³/mol. The van der Waals surface area contributed by atoms with Gasteiger partial charge in [0.15, 0.2) is 13.3 Å². The molecule has 4 aromatic rings. The van der Waals surface area contributed by atoms with E-state index in [0.717, 1.165) is 0 Å². The molecule has 0 nitrogen and oxygen atoms in total. The number of halogens is 2. The molecule has 0 aliphatic carbocycles. The molecule has 396 valence electrons. The maximum absolute atomic E-state index is 12.2. The number of aryl methyl sites for hydroxylation is 8. The topological polar surface area (TPSA) is 0 Å². The van der Waals surface area contributed by atoms with Crippen molar-refractivity contribution in [3.05, 3.63) is 41.8 Å². The predicted octanol–water partition coefficient (Wildman–Crippen LogP) is 21.9. The van der Waals surface area contributed by atoms with E-state index in [2.05, 4.69) is 153 Å². The highest BCUT2D eigenvalue weighted by atomic mass is 32.1. The Kier molecular flexibility index (Phi) is 37.2. The molecule has 72 heavy (non-hydrogen) atoms. The minimum atomic E-state index is -3.04. The first kappa shape index (κ1) is 57.1. The van der Waals surface area contributed by atoms with E-state index in [1.807, 2.05) is 5.92 Å². The van der Waals surface area contributed by atoms with Gasteiger partial charge >= 0.3 is 0 Å². The third kappa shape index (κ3) is 30.1. The highest BCUT2D eigenvalue weighted by Gasteiger charge is 2.18. The molecular formula is C64H92F2P2S4. The summed E-state index contributed by atoms with van der Waals surface area (Å²) in [5, 5.41) is 0. The Balaban J connectivity index is 0.000000557. The van der Waals surface area contributed by atoms with Crippen molar-refractivity contribution in [2.45, 2.75) is 249 Å². The molecule has 4 aromatic heterocycles. The molecular weight excluding hydrogens is 997 g/mol. The molecule has 0 spiro atoms. The lowest BCUT2D eigenvalue weighted by atomic mass is 10.0. The van der Waals surface area contributed by atoms with Gasteiger partial charge in [0.25, 0.3) is 0 Å². The van der Waals surface area contributed by atoms with Gasteiger partial charge in [-0.2, -0.15) is 0 Å². The Bertz CT molecular complexity index is 2580. The second-order valence-corrected chi connectivity index (χ2v) is 24.3. The molecule has 0 saturated carbocycles. The lowest BCUT2D eigenvalue weighted by Crippen LogP contribution is -1.87. The van der Waals surface area contributed by atoms with Crippen LogP contribution < -0.4 is 0 Å². The number of unbranched alkanes of at least 4 members (excludes halogenated alkanes) is 20. The number of alkyl halides is 2. The van der Waals surface area contributed by atoms with Crippen molar-refractivity contribution in [1.82, 2.24) is 0 Å². The van der Waals surface area contributed by atoms with E-state index >= 15 is 0 Å². The van der Waals surface area contributed by atoms with Gasteiger partial charge in [0, 0.05) is 55.4 Å². The van der Waals surface area contributed by atoms with Crippen molar-refractivity contribution < 1.29 is 14.3 Å². The van der Waals surface area contributed by atoms with Crippen LogP contribution in [-0.2, 0) is 25.7 Å². The van der Waals surface area contributed by atoms with Crippen molar-refractivity contribution in [1.29, 1.82) is 2.56 Å². The first-order valence-corrected chi connectivity index (χ1v) is 32.2. The van der Waals surface area contributed by atoms with Crippen molar-refractivity contribution in [2.24, 2.45) is 0 Å². The number of hydrogen-bond acceptors (Lipinski definition) is 4. The van der Waals surface area contributed by atoms with E-state index in [-0.39, 0.29) is 0 Å². The largest absolute Gasteiger partial charge is 0.237 e. The van der Waals surface area contributed by atoms with Gasteiger partial charge in [-0.05, 0) is 139 Å². The van der Waals surface area contributed by atoms with E-state index in [0.29, 0.717) is 0 Å². The second kappa shape index (κ2) is 46.9. The molecule has 2 atom stereocenters. The smallest absolute Gasteiger partial charge is 0.151 e.